The zero-order valence-electron chi connectivity index (χ0n) is 19.0. The van der Waals surface area contributed by atoms with E-state index in [0.717, 1.165) is 5.75 Å². The molecule has 180 valence electrons. The van der Waals surface area contributed by atoms with Crippen molar-refractivity contribution < 1.29 is 49.0 Å². The summed E-state index contributed by atoms with van der Waals surface area (Å²) in [7, 11) is 1.68. The number of aromatic nitrogens is 5. The van der Waals surface area contributed by atoms with Crippen molar-refractivity contribution in [2.24, 2.45) is 7.05 Å². The molecular formula is C18H19N8NaO4S4. The quantitative estimate of drug-likeness (QED) is 0.134. The van der Waals surface area contributed by atoms with Crippen LogP contribution in [0.4, 0.5) is 5.13 Å². The van der Waals surface area contributed by atoms with Gasteiger partial charge in [0.15, 0.2) is 5.13 Å². The molecule has 3 N–H and O–H groups in total. The Hall–Kier alpha value is -1.56. The van der Waals surface area contributed by atoms with Crippen LogP contribution in [-0.4, -0.2) is 76.5 Å². The minimum atomic E-state index is -1.44. The average Bonchev–Trinajstić information content (AvgIpc) is 3.43. The number of nitrogens with zero attached hydrogens (tertiary/aromatic N) is 6. The van der Waals surface area contributed by atoms with Crippen LogP contribution in [0.1, 0.15) is 12.6 Å². The molecule has 2 aromatic heterocycles. The van der Waals surface area contributed by atoms with E-state index in [-0.39, 0.29) is 41.0 Å². The molecule has 2 aliphatic heterocycles. The number of anilines is 1. The van der Waals surface area contributed by atoms with Gasteiger partial charge in [-0.05, 0) is 27.2 Å². The molecule has 35 heavy (non-hydrogen) atoms. The van der Waals surface area contributed by atoms with Crippen LogP contribution in [0.5, 0.6) is 0 Å². The first-order valence-corrected chi connectivity index (χ1v) is 13.8. The Bertz CT molecular complexity index is 1200. The average molecular weight is 563 g/mol. The van der Waals surface area contributed by atoms with Crippen molar-refractivity contribution in [2.75, 3.05) is 23.0 Å². The minimum absolute atomic E-state index is 0. The zero-order chi connectivity index (χ0) is 24.4. The first-order chi connectivity index (χ1) is 16.3. The van der Waals surface area contributed by atoms with Gasteiger partial charge in [-0.15, -0.1) is 40.0 Å². The summed E-state index contributed by atoms with van der Waals surface area (Å²) in [5, 5.41) is 29.5. The number of carboxylic acids is 1. The topological polar surface area (TPSA) is 172 Å². The molecule has 0 aromatic carbocycles. The first-order valence-electron chi connectivity index (χ1n) is 9.89. The Labute approximate surface area is 239 Å². The molecule has 17 heteroatoms. The van der Waals surface area contributed by atoms with Crippen molar-refractivity contribution in [1.29, 1.82) is 0 Å². The van der Waals surface area contributed by atoms with Gasteiger partial charge in [0.05, 0.1) is 22.9 Å². The Morgan fingerprint density at radius 2 is 2.20 bits per heavy atom. The number of fused-ring (bicyclic) bond motifs is 1. The zero-order valence-corrected chi connectivity index (χ0v) is 24.2. The largest absolute Gasteiger partial charge is 1.00 e. The van der Waals surface area contributed by atoms with Gasteiger partial charge in [-0.25, -0.2) is 9.67 Å². The number of rotatable bonds is 9. The summed E-state index contributed by atoms with van der Waals surface area (Å²) in [6.07, 6.45) is 0. The second-order valence-electron chi connectivity index (χ2n) is 7.03. The number of carbonyl (C=O) groups is 3. The summed E-state index contributed by atoms with van der Waals surface area (Å²) in [4.78, 5) is 43.2. The van der Waals surface area contributed by atoms with Crippen molar-refractivity contribution in [1.82, 2.24) is 35.4 Å². The van der Waals surface area contributed by atoms with Gasteiger partial charge in [-0.2, -0.15) is 0 Å². The Morgan fingerprint density at radius 1 is 1.43 bits per heavy atom. The maximum Gasteiger partial charge on any atom is 1.00 e. The van der Waals surface area contributed by atoms with Crippen LogP contribution in [-0.2, 0) is 21.4 Å². The number of nitrogens with two attached hydrogens (primary N) is 1. The molecule has 0 saturated carbocycles. The molecule has 0 aliphatic carbocycles. The van der Waals surface area contributed by atoms with Gasteiger partial charge in [0.25, 0.3) is 11.8 Å². The molecule has 2 atom stereocenters. The molecule has 12 nitrogen and oxygen atoms in total. The van der Waals surface area contributed by atoms with Crippen LogP contribution in [0.15, 0.2) is 27.2 Å². The van der Waals surface area contributed by atoms with Crippen LogP contribution in [0.2, 0.25) is 0 Å². The Balaban J connectivity index is 0.00000342. The maximum atomic E-state index is 13.0. The number of nitrogen functional groups attached to an aromatic ring is 1. The standard InChI is InChI=1S/C18H20N8O4S4.Na/c1-3-31-6-9(10-7-33-17(19)20-10)13(27)21-11-14(28)26-12(16(29)30)8(4-32-15(11)26)5-34-18-22-23-24-25(18)2;/h6-7,11,15H,3-5H2,1-2H3,(H2,19,20)(H,21,27)(H,29,30);/q;+1/p-1/t11?,15-;/m0./s1. The van der Waals surface area contributed by atoms with Gasteiger partial charge in [-0.1, -0.05) is 18.7 Å². The van der Waals surface area contributed by atoms with E-state index in [9.17, 15) is 19.5 Å². The third-order valence-electron chi connectivity index (χ3n) is 4.89. The molecule has 0 bridgehead atoms. The summed E-state index contributed by atoms with van der Waals surface area (Å²) in [6.45, 7) is 1.95. The summed E-state index contributed by atoms with van der Waals surface area (Å²) < 4.78 is 1.47. The fourth-order valence-corrected chi connectivity index (χ4v) is 6.76. The number of nitrogens with one attached hydrogen (secondary N) is 1. The second kappa shape index (κ2) is 12.1. The normalized spacial score (nSPS) is 19.7. The predicted molar refractivity (Wildman–Crippen MR) is 129 cm³/mol. The van der Waals surface area contributed by atoms with Crippen molar-refractivity contribution in [3.05, 3.63) is 27.8 Å². The maximum absolute atomic E-state index is 13.0. The summed E-state index contributed by atoms with van der Waals surface area (Å²) >= 11 is 5.28. The van der Waals surface area contributed by atoms with E-state index in [1.165, 1.54) is 56.2 Å². The van der Waals surface area contributed by atoms with E-state index < -0.39 is 29.2 Å². The van der Waals surface area contributed by atoms with E-state index in [1.54, 1.807) is 17.8 Å². The van der Waals surface area contributed by atoms with Gasteiger partial charge in [-0.3, -0.25) is 14.5 Å². The van der Waals surface area contributed by atoms with Crippen LogP contribution < -0.4 is 45.7 Å². The van der Waals surface area contributed by atoms with E-state index in [0.29, 0.717) is 32.9 Å². The monoisotopic (exact) mass is 562 g/mol. The van der Waals surface area contributed by atoms with Gasteiger partial charge < -0.3 is 21.0 Å². The van der Waals surface area contributed by atoms with Gasteiger partial charge in [0.1, 0.15) is 11.4 Å². The molecule has 4 heterocycles. The second-order valence-corrected chi connectivity index (χ2v) is 11.1. The van der Waals surface area contributed by atoms with E-state index >= 15 is 0 Å². The van der Waals surface area contributed by atoms with Crippen LogP contribution in [0, 0.1) is 0 Å². The molecule has 2 amide bonds. The van der Waals surface area contributed by atoms with Crippen molar-refractivity contribution in [3.8, 4) is 0 Å². The van der Waals surface area contributed by atoms with Gasteiger partial charge >= 0.3 is 29.6 Å². The van der Waals surface area contributed by atoms with Crippen LogP contribution >= 0.6 is 46.6 Å². The Kier molecular flexibility index (Phi) is 9.70. The number of carbonyl (C=O) groups excluding carboxylic acids is 3. The van der Waals surface area contributed by atoms with E-state index in [1.807, 2.05) is 6.92 Å². The summed E-state index contributed by atoms with van der Waals surface area (Å²) in [6, 6.07) is -0.866. The van der Waals surface area contributed by atoms with Crippen LogP contribution in [0.3, 0.4) is 0 Å². The molecule has 0 spiro atoms. The Morgan fingerprint density at radius 3 is 2.80 bits per heavy atom. The van der Waals surface area contributed by atoms with Crippen molar-refractivity contribution in [3.63, 3.8) is 0 Å². The van der Waals surface area contributed by atoms with Gasteiger partial charge in [0.2, 0.25) is 5.16 Å². The number of carboxylic acid groups (broad SMARTS) is 1. The molecular weight excluding hydrogens is 544 g/mol. The number of hydrogen-bond acceptors (Lipinski definition) is 13. The summed E-state index contributed by atoms with van der Waals surface area (Å²) in [5.74, 6) is -1.03. The molecule has 2 aromatic rings. The molecule has 0 radical (unpaired) electrons. The fraction of sp³-hybridized carbons (Fsp3) is 0.389. The van der Waals surface area contributed by atoms with E-state index in [2.05, 4.69) is 25.8 Å². The number of β-lactam (4-membered cyclic amide) rings is 1. The third kappa shape index (κ3) is 5.89. The number of thioether (sulfide) groups is 3. The third-order valence-corrected chi connectivity index (χ3v) is 8.74. The molecule has 1 saturated heterocycles. The first kappa shape index (κ1) is 28.0. The minimum Gasteiger partial charge on any atom is -0.543 e. The SMILES string of the molecule is CCSC=C(C(=O)NC1C(=O)N2C(C(=O)[O-])=C(CSc3nnnn3C)CS[C@@H]12)c1csc(N)n1.[Na+]. The molecule has 1 fully saturated rings. The van der Waals surface area contributed by atoms with Crippen molar-refractivity contribution >= 4 is 75.1 Å². The molecule has 4 rings (SSSR count). The van der Waals surface area contributed by atoms with E-state index in [4.69, 9.17) is 5.73 Å². The fourth-order valence-electron chi connectivity index (χ4n) is 3.31. The number of tetrazole rings is 1. The summed E-state index contributed by atoms with van der Waals surface area (Å²) in [5.41, 5.74) is 6.81. The number of hydrogen-bond donors (Lipinski definition) is 2. The van der Waals surface area contributed by atoms with Crippen LogP contribution in [0.25, 0.3) is 5.57 Å². The van der Waals surface area contributed by atoms with Crippen molar-refractivity contribution in [2.45, 2.75) is 23.5 Å². The molecule has 1 unspecified atom stereocenters. The predicted octanol–water partition coefficient (Wildman–Crippen LogP) is -3.46. The number of thiazole rings is 1. The molecule has 2 aliphatic rings. The number of aliphatic carboxylic acids is 1. The number of amides is 2. The smallest absolute Gasteiger partial charge is 0.543 e. The van der Waals surface area contributed by atoms with Gasteiger partial charge in [0, 0.05) is 23.9 Å². The number of aryl methyl sites for hydroxylation is 1.